The highest BCUT2D eigenvalue weighted by molar-refractivity contribution is 5.84. The zero-order valence-electron chi connectivity index (χ0n) is 9.69. The molecule has 94 valence electrons. The van der Waals surface area contributed by atoms with E-state index in [1.165, 1.54) is 0 Å². The molecule has 2 atom stereocenters. The van der Waals surface area contributed by atoms with Crippen molar-refractivity contribution in [3.05, 3.63) is 0 Å². The number of carbonyl (C=O) groups excluding carboxylic acids is 1. The predicted octanol–water partition coefficient (Wildman–Crippen LogP) is -0.816. The van der Waals surface area contributed by atoms with Crippen LogP contribution in [-0.2, 0) is 9.59 Å². The van der Waals surface area contributed by atoms with Crippen molar-refractivity contribution >= 4 is 11.9 Å². The molecule has 6 heteroatoms. The Morgan fingerprint density at radius 2 is 2.00 bits per heavy atom. The third-order valence-electron chi connectivity index (χ3n) is 2.18. The van der Waals surface area contributed by atoms with Crippen molar-refractivity contribution in [2.45, 2.75) is 26.3 Å². The van der Waals surface area contributed by atoms with Gasteiger partial charge in [-0.3, -0.25) is 4.79 Å². The van der Waals surface area contributed by atoms with Crippen molar-refractivity contribution in [2.75, 3.05) is 19.7 Å². The first-order valence-corrected chi connectivity index (χ1v) is 5.37. The summed E-state index contributed by atoms with van der Waals surface area (Å²) in [7, 11) is 0. The van der Waals surface area contributed by atoms with E-state index in [1.807, 2.05) is 6.92 Å². The Kier molecular flexibility index (Phi) is 7.49. The molecule has 1 amide bonds. The predicted molar refractivity (Wildman–Crippen MR) is 59.0 cm³/mol. The molecular weight excluding hydrogens is 212 g/mol. The van der Waals surface area contributed by atoms with Gasteiger partial charge in [0.1, 0.15) is 6.04 Å². The molecule has 0 aromatic rings. The van der Waals surface area contributed by atoms with E-state index in [0.717, 1.165) is 6.54 Å². The first-order chi connectivity index (χ1) is 7.52. The van der Waals surface area contributed by atoms with Gasteiger partial charge in [0.05, 0.1) is 0 Å². The van der Waals surface area contributed by atoms with Crippen LogP contribution in [0.15, 0.2) is 0 Å². The van der Waals surface area contributed by atoms with Crippen LogP contribution in [0.1, 0.15) is 20.3 Å². The van der Waals surface area contributed by atoms with Crippen LogP contribution in [-0.4, -0.2) is 47.8 Å². The summed E-state index contributed by atoms with van der Waals surface area (Å²) in [4.78, 5) is 22.3. The van der Waals surface area contributed by atoms with E-state index in [4.69, 9.17) is 10.2 Å². The van der Waals surface area contributed by atoms with E-state index in [9.17, 15) is 9.59 Å². The van der Waals surface area contributed by atoms with Gasteiger partial charge in [-0.2, -0.15) is 0 Å². The third-order valence-corrected chi connectivity index (χ3v) is 2.18. The van der Waals surface area contributed by atoms with Gasteiger partial charge in [-0.25, -0.2) is 4.79 Å². The molecule has 0 aromatic carbocycles. The number of hydrogen-bond donors (Lipinski definition) is 4. The summed E-state index contributed by atoms with van der Waals surface area (Å²) in [6.45, 7) is 4.65. The van der Waals surface area contributed by atoms with E-state index in [1.54, 1.807) is 6.92 Å². The fraction of sp³-hybridized carbons (Fsp3) is 0.800. The monoisotopic (exact) mass is 232 g/mol. The first kappa shape index (κ1) is 14.9. The summed E-state index contributed by atoms with van der Waals surface area (Å²) in [6, 6.07) is -1.01. The summed E-state index contributed by atoms with van der Waals surface area (Å²) in [5, 5.41) is 22.8. The summed E-state index contributed by atoms with van der Waals surface area (Å²) >= 11 is 0. The minimum Gasteiger partial charge on any atom is -0.480 e. The van der Waals surface area contributed by atoms with Crippen LogP contribution in [0.4, 0.5) is 0 Å². The normalized spacial score (nSPS) is 14.2. The molecule has 0 aromatic heterocycles. The second-order valence-electron chi connectivity index (χ2n) is 3.62. The maximum absolute atomic E-state index is 11.5. The smallest absolute Gasteiger partial charge is 0.326 e. The van der Waals surface area contributed by atoms with Crippen LogP contribution in [0.5, 0.6) is 0 Å². The topological polar surface area (TPSA) is 98.7 Å². The summed E-state index contributed by atoms with van der Waals surface area (Å²) in [5.74, 6) is -1.74. The van der Waals surface area contributed by atoms with Crippen LogP contribution >= 0.6 is 0 Å². The van der Waals surface area contributed by atoms with Crippen molar-refractivity contribution in [3.63, 3.8) is 0 Å². The number of carbonyl (C=O) groups is 2. The Labute approximate surface area is 95.0 Å². The van der Waals surface area contributed by atoms with Crippen LogP contribution in [0.3, 0.4) is 0 Å². The molecule has 0 aliphatic rings. The zero-order valence-corrected chi connectivity index (χ0v) is 9.69. The van der Waals surface area contributed by atoms with Crippen LogP contribution < -0.4 is 10.6 Å². The lowest BCUT2D eigenvalue weighted by Crippen LogP contribution is -2.45. The highest BCUT2D eigenvalue weighted by Crippen LogP contribution is 1.97. The molecule has 0 saturated carbocycles. The van der Waals surface area contributed by atoms with Gasteiger partial charge in [0, 0.05) is 25.5 Å². The SMILES string of the molecule is CCNCC(C)C(=O)N[C@H](CCO)C(=O)O. The minimum atomic E-state index is -1.13. The maximum Gasteiger partial charge on any atom is 0.326 e. The average molecular weight is 232 g/mol. The highest BCUT2D eigenvalue weighted by Gasteiger charge is 2.21. The highest BCUT2D eigenvalue weighted by atomic mass is 16.4. The van der Waals surface area contributed by atoms with Crippen molar-refractivity contribution in [1.29, 1.82) is 0 Å². The van der Waals surface area contributed by atoms with E-state index in [-0.39, 0.29) is 24.9 Å². The van der Waals surface area contributed by atoms with Gasteiger partial charge in [-0.05, 0) is 6.54 Å². The van der Waals surface area contributed by atoms with Crippen molar-refractivity contribution in [2.24, 2.45) is 5.92 Å². The molecule has 1 unspecified atom stereocenters. The standard InChI is InChI=1S/C10H20N2O4/c1-3-11-6-7(2)9(14)12-8(4-5-13)10(15)16/h7-8,11,13H,3-6H2,1-2H3,(H,12,14)(H,15,16)/t7?,8-/m1/s1. The van der Waals surface area contributed by atoms with E-state index in [0.29, 0.717) is 6.54 Å². The van der Waals surface area contributed by atoms with Gasteiger partial charge >= 0.3 is 5.97 Å². The summed E-state index contributed by atoms with van der Waals surface area (Å²) in [6.07, 6.45) is 0.0228. The Morgan fingerprint density at radius 3 is 2.44 bits per heavy atom. The van der Waals surface area contributed by atoms with Crippen molar-refractivity contribution in [1.82, 2.24) is 10.6 Å². The molecule has 0 rings (SSSR count). The molecule has 0 fully saturated rings. The van der Waals surface area contributed by atoms with E-state index < -0.39 is 12.0 Å². The van der Waals surface area contributed by atoms with Gasteiger partial charge in [0.15, 0.2) is 0 Å². The average Bonchev–Trinajstić information content (AvgIpc) is 2.24. The third kappa shape index (κ3) is 5.67. The molecule has 0 bridgehead atoms. The molecular formula is C10H20N2O4. The molecule has 0 aliphatic heterocycles. The molecule has 0 spiro atoms. The number of rotatable bonds is 8. The Balaban J connectivity index is 4.12. The van der Waals surface area contributed by atoms with Crippen LogP contribution in [0, 0.1) is 5.92 Å². The molecule has 6 nitrogen and oxygen atoms in total. The number of nitrogens with one attached hydrogen (secondary N) is 2. The van der Waals surface area contributed by atoms with Gasteiger partial charge in [0.2, 0.25) is 5.91 Å². The fourth-order valence-corrected chi connectivity index (χ4v) is 1.15. The van der Waals surface area contributed by atoms with Crippen LogP contribution in [0.2, 0.25) is 0 Å². The van der Waals surface area contributed by atoms with Crippen LogP contribution in [0.25, 0.3) is 0 Å². The maximum atomic E-state index is 11.5. The molecule has 0 saturated heterocycles. The number of aliphatic hydroxyl groups is 1. The minimum absolute atomic E-state index is 0.0228. The van der Waals surface area contributed by atoms with E-state index >= 15 is 0 Å². The van der Waals surface area contributed by atoms with Gasteiger partial charge in [0.25, 0.3) is 0 Å². The second kappa shape index (κ2) is 8.06. The number of amides is 1. The second-order valence-corrected chi connectivity index (χ2v) is 3.62. The molecule has 4 N–H and O–H groups in total. The number of aliphatic carboxylic acids is 1. The fourth-order valence-electron chi connectivity index (χ4n) is 1.15. The lowest BCUT2D eigenvalue weighted by atomic mass is 10.1. The van der Waals surface area contributed by atoms with E-state index in [2.05, 4.69) is 10.6 Å². The largest absolute Gasteiger partial charge is 0.480 e. The molecule has 0 aliphatic carbocycles. The first-order valence-electron chi connectivity index (χ1n) is 5.37. The van der Waals surface area contributed by atoms with Gasteiger partial charge < -0.3 is 20.8 Å². The number of carboxylic acids is 1. The number of carboxylic acid groups (broad SMARTS) is 1. The molecule has 16 heavy (non-hydrogen) atoms. The number of hydrogen-bond acceptors (Lipinski definition) is 4. The Hall–Kier alpha value is -1.14. The zero-order chi connectivity index (χ0) is 12.6. The van der Waals surface area contributed by atoms with Gasteiger partial charge in [-0.1, -0.05) is 13.8 Å². The summed E-state index contributed by atoms with van der Waals surface area (Å²) in [5.41, 5.74) is 0. The van der Waals surface area contributed by atoms with Crippen molar-refractivity contribution in [3.8, 4) is 0 Å². The quantitative estimate of drug-likeness (QED) is 0.438. The summed E-state index contributed by atoms with van der Waals surface area (Å²) < 4.78 is 0. The molecule has 0 heterocycles. The lowest BCUT2D eigenvalue weighted by Gasteiger charge is -2.17. The lowest BCUT2D eigenvalue weighted by molar-refractivity contribution is -0.142. The van der Waals surface area contributed by atoms with Gasteiger partial charge in [-0.15, -0.1) is 0 Å². The van der Waals surface area contributed by atoms with Crippen molar-refractivity contribution < 1.29 is 19.8 Å². The number of aliphatic hydroxyl groups excluding tert-OH is 1. The Bertz CT molecular complexity index is 233. The molecule has 0 radical (unpaired) electrons. The Morgan fingerprint density at radius 1 is 1.38 bits per heavy atom.